The smallest absolute Gasteiger partial charge is 0.214 e. The number of rotatable bonds is 2. The molecule has 0 unspecified atom stereocenters. The molecule has 0 aliphatic heterocycles. The van der Waals surface area contributed by atoms with Crippen molar-refractivity contribution in [2.24, 2.45) is 0 Å². The Labute approximate surface area is 137 Å². The van der Waals surface area contributed by atoms with Crippen LogP contribution < -0.4 is 0 Å². The minimum atomic E-state index is -4.04. The van der Waals surface area contributed by atoms with Crippen LogP contribution >= 0.6 is 0 Å². The maximum absolute atomic E-state index is 13.1. The van der Waals surface area contributed by atoms with Crippen molar-refractivity contribution < 1.29 is 18.6 Å². The average Bonchev–Trinajstić information content (AvgIpc) is 2.46. The Morgan fingerprint density at radius 3 is 1.78 bits per heavy atom. The lowest BCUT2D eigenvalue weighted by molar-refractivity contribution is 0.447. The van der Waals surface area contributed by atoms with E-state index in [0.717, 1.165) is 16.7 Å². The summed E-state index contributed by atoms with van der Waals surface area (Å²) in [6.07, 6.45) is 0. The monoisotopic (exact) mass is 334 g/mol. The summed E-state index contributed by atoms with van der Waals surface area (Å²) >= 11 is 0. The predicted octanol–water partition coefficient (Wildman–Crippen LogP) is 3.78. The van der Waals surface area contributed by atoms with Crippen LogP contribution in [0.15, 0.2) is 21.9 Å². The normalized spacial score (nSPS) is 11.7. The largest absolute Gasteiger partial charge is 0.506 e. The van der Waals surface area contributed by atoms with Crippen molar-refractivity contribution in [2.45, 2.75) is 51.3 Å². The summed E-state index contributed by atoms with van der Waals surface area (Å²) in [5.41, 5.74) is 3.92. The molecule has 2 aromatic rings. The summed E-state index contributed by atoms with van der Waals surface area (Å²) in [7, 11) is -4.04. The van der Waals surface area contributed by atoms with Crippen molar-refractivity contribution >= 4 is 9.84 Å². The number of sulfone groups is 1. The highest BCUT2D eigenvalue weighted by molar-refractivity contribution is 7.91. The molecule has 2 aromatic carbocycles. The zero-order chi connectivity index (χ0) is 17.7. The van der Waals surface area contributed by atoms with Gasteiger partial charge in [-0.1, -0.05) is 6.07 Å². The maximum atomic E-state index is 13.1. The number of phenolic OH excluding ortho intramolecular Hbond substituents is 2. The number of aryl methyl sites for hydroxylation is 3. The second-order valence-corrected chi connectivity index (χ2v) is 7.96. The molecule has 0 spiro atoms. The van der Waals surface area contributed by atoms with Crippen LogP contribution in [0, 0.1) is 41.5 Å². The first-order valence-corrected chi connectivity index (χ1v) is 8.83. The molecule has 0 amide bonds. The summed E-state index contributed by atoms with van der Waals surface area (Å²) in [4.78, 5) is -0.297. The fourth-order valence-corrected chi connectivity index (χ4v) is 4.65. The van der Waals surface area contributed by atoms with Crippen molar-refractivity contribution in [3.63, 3.8) is 0 Å². The van der Waals surface area contributed by atoms with E-state index >= 15 is 0 Å². The number of hydrogen-bond donors (Lipinski definition) is 2. The lowest BCUT2D eigenvalue weighted by atomic mass is 10.0. The minimum Gasteiger partial charge on any atom is -0.506 e. The molecule has 0 fully saturated rings. The number of aromatic hydroxyl groups is 2. The average molecular weight is 334 g/mol. The summed E-state index contributed by atoms with van der Waals surface area (Å²) in [5.74, 6) is -0.519. The second kappa shape index (κ2) is 5.57. The standard InChI is InChI=1S/C18H22O4S/c1-9-7-11(3)16(19)18(13(9)5)23(21,22)15-8-10(2)12(4)14(6)17(15)20/h7-8,19-20H,1-6H3. The molecule has 0 atom stereocenters. The number of phenols is 2. The van der Waals surface area contributed by atoms with Gasteiger partial charge in [0.05, 0.1) is 0 Å². The highest BCUT2D eigenvalue weighted by Gasteiger charge is 2.30. The quantitative estimate of drug-likeness (QED) is 0.876. The second-order valence-electron chi connectivity index (χ2n) is 6.11. The van der Waals surface area contributed by atoms with Gasteiger partial charge in [-0.3, -0.25) is 0 Å². The molecule has 0 radical (unpaired) electrons. The van der Waals surface area contributed by atoms with Crippen molar-refractivity contribution in [2.75, 3.05) is 0 Å². The van der Waals surface area contributed by atoms with E-state index in [0.29, 0.717) is 16.7 Å². The van der Waals surface area contributed by atoms with Crippen LogP contribution in [0.5, 0.6) is 11.5 Å². The molecule has 0 saturated heterocycles. The third-order valence-electron chi connectivity index (χ3n) is 4.60. The highest BCUT2D eigenvalue weighted by atomic mass is 32.2. The van der Waals surface area contributed by atoms with Crippen LogP contribution in [-0.2, 0) is 9.84 Å². The molecule has 4 nitrogen and oxygen atoms in total. The first-order valence-electron chi connectivity index (χ1n) is 7.34. The Bertz CT molecular complexity index is 883. The fraction of sp³-hybridized carbons (Fsp3) is 0.333. The maximum Gasteiger partial charge on any atom is 0.214 e. The van der Waals surface area contributed by atoms with E-state index in [1.165, 1.54) is 6.07 Å². The highest BCUT2D eigenvalue weighted by Crippen LogP contribution is 2.40. The van der Waals surface area contributed by atoms with E-state index in [9.17, 15) is 18.6 Å². The van der Waals surface area contributed by atoms with Gasteiger partial charge in [0, 0.05) is 0 Å². The number of hydrogen-bond acceptors (Lipinski definition) is 4. The fourth-order valence-electron chi connectivity index (χ4n) is 2.71. The molecule has 2 rings (SSSR count). The van der Waals surface area contributed by atoms with E-state index in [2.05, 4.69) is 0 Å². The molecule has 0 aliphatic rings. The topological polar surface area (TPSA) is 74.6 Å². The molecule has 0 saturated carbocycles. The Hall–Kier alpha value is -2.01. The summed E-state index contributed by atoms with van der Waals surface area (Å²) in [6, 6.07) is 3.21. The summed E-state index contributed by atoms with van der Waals surface area (Å²) in [6.45, 7) is 10.4. The van der Waals surface area contributed by atoms with Gasteiger partial charge in [0.2, 0.25) is 9.84 Å². The SMILES string of the molecule is Cc1cc(S(=O)(=O)c2c(C)c(C)cc(C)c2O)c(O)c(C)c1C. The number of benzene rings is 2. The van der Waals surface area contributed by atoms with Crippen molar-refractivity contribution in [3.8, 4) is 11.5 Å². The van der Waals surface area contributed by atoms with Gasteiger partial charge in [-0.15, -0.1) is 0 Å². The third kappa shape index (κ3) is 2.59. The minimum absolute atomic E-state index is 0.132. The van der Waals surface area contributed by atoms with E-state index in [1.807, 2.05) is 6.92 Å². The predicted molar refractivity (Wildman–Crippen MR) is 90.1 cm³/mol. The van der Waals surface area contributed by atoms with Crippen molar-refractivity contribution in [1.29, 1.82) is 0 Å². The zero-order valence-electron chi connectivity index (χ0n) is 14.3. The van der Waals surface area contributed by atoms with E-state index in [-0.39, 0.29) is 21.3 Å². The first kappa shape index (κ1) is 17.3. The van der Waals surface area contributed by atoms with Gasteiger partial charge in [-0.25, -0.2) is 8.42 Å². The van der Waals surface area contributed by atoms with Crippen LogP contribution in [0.4, 0.5) is 0 Å². The van der Waals surface area contributed by atoms with Gasteiger partial charge >= 0.3 is 0 Å². The lowest BCUT2D eigenvalue weighted by Gasteiger charge is -2.17. The molecule has 2 N–H and O–H groups in total. The molecular weight excluding hydrogens is 312 g/mol. The van der Waals surface area contributed by atoms with E-state index in [1.54, 1.807) is 40.7 Å². The third-order valence-corrected chi connectivity index (χ3v) is 6.53. The Balaban J connectivity index is 2.91. The molecule has 0 aromatic heterocycles. The summed E-state index contributed by atoms with van der Waals surface area (Å²) in [5, 5.41) is 20.7. The van der Waals surface area contributed by atoms with Gasteiger partial charge in [-0.05, 0) is 81.0 Å². The van der Waals surface area contributed by atoms with Crippen LogP contribution in [0.1, 0.15) is 33.4 Å². The Morgan fingerprint density at radius 1 is 0.696 bits per heavy atom. The Morgan fingerprint density at radius 2 is 1.22 bits per heavy atom. The summed E-state index contributed by atoms with van der Waals surface area (Å²) < 4.78 is 26.2. The zero-order valence-corrected chi connectivity index (χ0v) is 15.1. The van der Waals surface area contributed by atoms with E-state index < -0.39 is 9.84 Å². The van der Waals surface area contributed by atoms with Gasteiger partial charge in [0.1, 0.15) is 21.3 Å². The Kier molecular flexibility index (Phi) is 4.20. The van der Waals surface area contributed by atoms with Crippen LogP contribution in [-0.4, -0.2) is 18.6 Å². The van der Waals surface area contributed by atoms with Crippen LogP contribution in [0.3, 0.4) is 0 Å². The van der Waals surface area contributed by atoms with Gasteiger partial charge in [0.15, 0.2) is 0 Å². The van der Waals surface area contributed by atoms with Gasteiger partial charge < -0.3 is 10.2 Å². The molecule has 0 bridgehead atoms. The van der Waals surface area contributed by atoms with Crippen LogP contribution in [0.25, 0.3) is 0 Å². The van der Waals surface area contributed by atoms with Gasteiger partial charge in [-0.2, -0.15) is 0 Å². The van der Waals surface area contributed by atoms with Gasteiger partial charge in [0.25, 0.3) is 0 Å². The molecule has 5 heteroatoms. The molecule has 0 heterocycles. The molecular formula is C18H22O4S. The lowest BCUT2D eigenvalue weighted by Crippen LogP contribution is -2.08. The van der Waals surface area contributed by atoms with E-state index in [4.69, 9.17) is 0 Å². The molecule has 0 aliphatic carbocycles. The van der Waals surface area contributed by atoms with Crippen molar-refractivity contribution in [3.05, 3.63) is 45.5 Å². The van der Waals surface area contributed by atoms with Crippen molar-refractivity contribution in [1.82, 2.24) is 0 Å². The molecule has 23 heavy (non-hydrogen) atoms. The first-order chi connectivity index (χ1) is 10.5. The molecule has 124 valence electrons. The van der Waals surface area contributed by atoms with Crippen LogP contribution in [0.2, 0.25) is 0 Å².